The lowest BCUT2D eigenvalue weighted by atomic mass is 10.1. The van der Waals surface area contributed by atoms with Gasteiger partial charge in [0.15, 0.2) is 6.10 Å². The highest BCUT2D eigenvalue weighted by Crippen LogP contribution is 2.23. The largest absolute Gasteiger partial charge is 0.478 e. The van der Waals surface area contributed by atoms with Gasteiger partial charge in [-0.3, -0.25) is 19.2 Å². The molecule has 2 unspecified atom stereocenters. The van der Waals surface area contributed by atoms with Crippen LogP contribution in [0.5, 0.6) is 0 Å². The molecule has 2 aromatic rings. The molecule has 11 heteroatoms. The molecule has 3 rings (SSSR count). The van der Waals surface area contributed by atoms with E-state index in [-0.39, 0.29) is 31.9 Å². The third-order valence-corrected chi connectivity index (χ3v) is 5.29. The summed E-state index contributed by atoms with van der Waals surface area (Å²) in [6.07, 6.45) is -3.35. The first-order chi connectivity index (χ1) is 17.2. The number of hydrogen-bond acceptors (Lipinski definition) is 8. The molecule has 190 valence electrons. The van der Waals surface area contributed by atoms with Gasteiger partial charge in [-0.05, 0) is 23.8 Å². The van der Waals surface area contributed by atoms with Crippen LogP contribution in [-0.2, 0) is 40.0 Å². The van der Waals surface area contributed by atoms with E-state index in [1.165, 1.54) is 29.0 Å². The average molecular weight is 498 g/mol. The summed E-state index contributed by atoms with van der Waals surface area (Å²) >= 11 is 0. The van der Waals surface area contributed by atoms with Crippen LogP contribution in [0.25, 0.3) is 0 Å². The van der Waals surface area contributed by atoms with Crippen molar-refractivity contribution in [1.29, 1.82) is 0 Å². The number of esters is 2. The van der Waals surface area contributed by atoms with Crippen LogP contribution >= 0.6 is 0 Å². The Morgan fingerprint density at radius 3 is 2.53 bits per heavy atom. The van der Waals surface area contributed by atoms with Crippen molar-refractivity contribution in [2.75, 3.05) is 31.6 Å². The molecule has 2 amide bonds. The lowest BCUT2D eigenvalue weighted by Crippen LogP contribution is -2.55. The van der Waals surface area contributed by atoms with Crippen molar-refractivity contribution in [3.63, 3.8) is 0 Å². The second-order valence-electron chi connectivity index (χ2n) is 8.01. The van der Waals surface area contributed by atoms with Gasteiger partial charge >= 0.3 is 17.9 Å². The predicted molar refractivity (Wildman–Crippen MR) is 125 cm³/mol. The van der Waals surface area contributed by atoms with Gasteiger partial charge in [0.1, 0.15) is 13.2 Å². The van der Waals surface area contributed by atoms with Crippen molar-refractivity contribution < 1.29 is 43.3 Å². The molecule has 1 N–H and O–H groups in total. The topological polar surface area (TPSA) is 140 Å². The molecule has 0 bridgehead atoms. The molecule has 1 aliphatic rings. The molecule has 2 aromatic carbocycles. The van der Waals surface area contributed by atoms with Crippen molar-refractivity contribution in [2.24, 2.45) is 0 Å². The summed E-state index contributed by atoms with van der Waals surface area (Å²) in [6, 6.07) is 15.2. The first-order valence-corrected chi connectivity index (χ1v) is 11.1. The third-order valence-electron chi connectivity index (χ3n) is 5.29. The SMILES string of the molecule is CC(=O)OC(C(=O)O)C1OCCN(c2cccc(C(=O)N(C)CC(=O)OCc3ccccc3)c2)C1=O. The number of nitrogens with zero attached hydrogens (tertiary/aromatic N) is 2. The molecule has 11 nitrogen and oxygen atoms in total. The van der Waals surface area contributed by atoms with E-state index in [4.69, 9.17) is 14.2 Å². The van der Waals surface area contributed by atoms with E-state index in [0.29, 0.717) is 5.69 Å². The summed E-state index contributed by atoms with van der Waals surface area (Å²) in [7, 11) is 1.45. The van der Waals surface area contributed by atoms with Crippen molar-refractivity contribution in [2.45, 2.75) is 25.7 Å². The lowest BCUT2D eigenvalue weighted by molar-refractivity contribution is -0.177. The minimum atomic E-state index is -1.81. The maximum absolute atomic E-state index is 13.0. The molecular formula is C25H26N2O9. The summed E-state index contributed by atoms with van der Waals surface area (Å²) in [5.41, 5.74) is 1.35. The molecule has 2 atom stereocenters. The number of morpholine rings is 1. The fourth-order valence-electron chi connectivity index (χ4n) is 3.58. The molecule has 1 aliphatic heterocycles. The Bertz CT molecular complexity index is 1140. The predicted octanol–water partition coefficient (Wildman–Crippen LogP) is 1.25. The number of amides is 2. The van der Waals surface area contributed by atoms with Gasteiger partial charge < -0.3 is 29.1 Å². The zero-order chi connectivity index (χ0) is 26.2. The quantitative estimate of drug-likeness (QED) is 0.506. The molecule has 0 spiro atoms. The van der Waals surface area contributed by atoms with Crippen molar-refractivity contribution >= 4 is 35.4 Å². The van der Waals surface area contributed by atoms with Crippen molar-refractivity contribution in [1.82, 2.24) is 4.90 Å². The number of carbonyl (C=O) groups is 5. The van der Waals surface area contributed by atoms with E-state index < -0.39 is 41.9 Å². The Hall–Kier alpha value is -4.25. The Labute approximate surface area is 207 Å². The number of ether oxygens (including phenoxy) is 3. The normalized spacial score (nSPS) is 16.1. The van der Waals surface area contributed by atoms with Gasteiger partial charge in [0.2, 0.25) is 6.10 Å². The number of likely N-dealkylation sites (N-methyl/N-ethyl adjacent to an activating group) is 1. The van der Waals surface area contributed by atoms with Crippen molar-refractivity contribution in [3.05, 3.63) is 65.7 Å². The highest BCUT2D eigenvalue weighted by Gasteiger charge is 2.42. The van der Waals surface area contributed by atoms with E-state index in [9.17, 15) is 29.1 Å². The summed E-state index contributed by atoms with van der Waals surface area (Å²) in [5.74, 6) is -4.17. The number of carbonyl (C=O) groups excluding carboxylic acids is 4. The average Bonchev–Trinajstić information content (AvgIpc) is 2.86. The van der Waals surface area contributed by atoms with Crippen LogP contribution in [0.2, 0.25) is 0 Å². The molecule has 0 saturated carbocycles. The highest BCUT2D eigenvalue weighted by molar-refractivity contribution is 6.02. The molecule has 1 fully saturated rings. The van der Waals surface area contributed by atoms with Crippen molar-refractivity contribution in [3.8, 4) is 0 Å². The number of carboxylic acids is 1. The van der Waals surface area contributed by atoms with Crippen LogP contribution in [0.4, 0.5) is 5.69 Å². The molecule has 1 heterocycles. The standard InChI is InChI=1S/C25H26N2O9/c1-16(28)36-22(25(32)33)21-24(31)27(11-12-34-21)19-10-6-9-18(13-19)23(30)26(2)14-20(29)35-15-17-7-4-3-5-8-17/h3-10,13,21-22H,11-12,14-15H2,1-2H3,(H,32,33). The molecule has 0 aromatic heterocycles. The van der Waals surface area contributed by atoms with Crippen LogP contribution < -0.4 is 4.90 Å². The summed E-state index contributed by atoms with van der Waals surface area (Å²) < 4.78 is 15.3. The number of anilines is 1. The highest BCUT2D eigenvalue weighted by atomic mass is 16.6. The van der Waals surface area contributed by atoms with Gasteiger partial charge in [-0.15, -0.1) is 0 Å². The van der Waals surface area contributed by atoms with Crippen LogP contribution in [0.3, 0.4) is 0 Å². The number of carboxylic acid groups (broad SMARTS) is 1. The number of hydrogen-bond donors (Lipinski definition) is 1. The van der Waals surface area contributed by atoms with Crippen LogP contribution in [-0.4, -0.2) is 78.7 Å². The fourth-order valence-corrected chi connectivity index (χ4v) is 3.58. The second kappa shape index (κ2) is 11.9. The smallest absolute Gasteiger partial charge is 0.348 e. The molecule has 0 radical (unpaired) electrons. The van der Waals surface area contributed by atoms with Gasteiger partial charge in [0.25, 0.3) is 11.8 Å². The van der Waals surface area contributed by atoms with Gasteiger partial charge in [-0.25, -0.2) is 4.79 Å². The van der Waals surface area contributed by atoms with E-state index in [2.05, 4.69) is 0 Å². The fraction of sp³-hybridized carbons (Fsp3) is 0.320. The van der Waals surface area contributed by atoms with E-state index in [0.717, 1.165) is 12.5 Å². The zero-order valence-electron chi connectivity index (χ0n) is 19.8. The maximum atomic E-state index is 13.0. The van der Waals surface area contributed by atoms with E-state index >= 15 is 0 Å². The van der Waals surface area contributed by atoms with E-state index in [1.54, 1.807) is 12.1 Å². The first kappa shape index (κ1) is 26.4. The van der Waals surface area contributed by atoms with E-state index in [1.807, 2.05) is 30.3 Å². The minimum Gasteiger partial charge on any atom is -0.478 e. The first-order valence-electron chi connectivity index (χ1n) is 11.1. The second-order valence-corrected chi connectivity index (χ2v) is 8.01. The zero-order valence-corrected chi connectivity index (χ0v) is 19.8. The molecule has 1 saturated heterocycles. The Balaban J connectivity index is 1.67. The monoisotopic (exact) mass is 498 g/mol. The molecule has 36 heavy (non-hydrogen) atoms. The summed E-state index contributed by atoms with van der Waals surface area (Å²) in [4.78, 5) is 63.4. The van der Waals surface area contributed by atoms with Gasteiger partial charge in [0, 0.05) is 31.8 Å². The minimum absolute atomic E-state index is 0.00716. The maximum Gasteiger partial charge on any atom is 0.348 e. The third kappa shape index (κ3) is 6.66. The van der Waals surface area contributed by atoms with Crippen LogP contribution in [0, 0.1) is 0 Å². The van der Waals surface area contributed by atoms with Crippen LogP contribution in [0.15, 0.2) is 54.6 Å². The molecular weight excluding hydrogens is 472 g/mol. The Morgan fingerprint density at radius 2 is 1.86 bits per heavy atom. The lowest BCUT2D eigenvalue weighted by Gasteiger charge is -2.34. The Kier molecular flexibility index (Phi) is 8.74. The summed E-state index contributed by atoms with van der Waals surface area (Å²) in [5, 5.41) is 9.39. The number of benzene rings is 2. The van der Waals surface area contributed by atoms with Gasteiger partial charge in [-0.1, -0.05) is 36.4 Å². The molecule has 0 aliphatic carbocycles. The number of rotatable bonds is 9. The van der Waals surface area contributed by atoms with Gasteiger partial charge in [-0.2, -0.15) is 0 Å². The number of aliphatic carboxylic acids is 1. The summed E-state index contributed by atoms with van der Waals surface area (Å²) in [6.45, 7) is 0.928. The van der Waals surface area contributed by atoms with Gasteiger partial charge in [0.05, 0.1) is 6.61 Å². The Morgan fingerprint density at radius 1 is 1.14 bits per heavy atom. The van der Waals surface area contributed by atoms with Crippen LogP contribution in [0.1, 0.15) is 22.8 Å².